The molecule has 0 saturated heterocycles. The molecule has 0 spiro atoms. The average Bonchev–Trinajstić information content (AvgIpc) is 3.40. The molecule has 7 aromatic rings. The molecule has 0 N–H and O–H groups in total. The summed E-state index contributed by atoms with van der Waals surface area (Å²) in [6, 6.07) is 57.7. The molecule has 1 unspecified atom stereocenters. The van der Waals surface area contributed by atoms with Crippen LogP contribution in [0.15, 0.2) is 158 Å². The van der Waals surface area contributed by atoms with Gasteiger partial charge in [0.05, 0.1) is 5.41 Å². The van der Waals surface area contributed by atoms with E-state index in [4.69, 9.17) is 4.74 Å². The van der Waals surface area contributed by atoms with Gasteiger partial charge in [0.15, 0.2) is 0 Å². The molecule has 9 rings (SSSR count). The van der Waals surface area contributed by atoms with Gasteiger partial charge in [0.25, 0.3) is 0 Å². The highest BCUT2D eigenvalue weighted by molar-refractivity contribution is 6.04. The van der Waals surface area contributed by atoms with Gasteiger partial charge in [0.1, 0.15) is 11.5 Å². The van der Waals surface area contributed by atoms with E-state index < -0.39 is 5.41 Å². The Kier molecular flexibility index (Phi) is 5.53. The summed E-state index contributed by atoms with van der Waals surface area (Å²) in [6.45, 7) is 4.62. The van der Waals surface area contributed by atoms with Crippen molar-refractivity contribution in [2.75, 3.05) is 0 Å². The zero-order valence-corrected chi connectivity index (χ0v) is 25.4. The Morgan fingerprint density at radius 1 is 0.422 bits per heavy atom. The second-order valence-electron chi connectivity index (χ2n) is 12.8. The lowest BCUT2D eigenvalue weighted by molar-refractivity contribution is 0.419. The van der Waals surface area contributed by atoms with Crippen molar-refractivity contribution in [1.82, 2.24) is 0 Å². The van der Waals surface area contributed by atoms with Crippen molar-refractivity contribution in [3.8, 4) is 33.8 Å². The summed E-state index contributed by atoms with van der Waals surface area (Å²) in [5.74, 6) is 1.88. The highest BCUT2D eigenvalue weighted by Gasteiger charge is 2.48. The van der Waals surface area contributed by atoms with Crippen molar-refractivity contribution in [3.05, 3.63) is 191 Å². The van der Waals surface area contributed by atoms with E-state index in [0.717, 1.165) is 17.1 Å². The number of fused-ring (bicyclic) bond motifs is 7. The molecule has 0 fully saturated rings. The molecule has 7 aromatic carbocycles. The van der Waals surface area contributed by atoms with Crippen LogP contribution in [0.4, 0.5) is 0 Å². The van der Waals surface area contributed by atoms with E-state index in [0.29, 0.717) is 0 Å². The number of benzene rings is 7. The summed E-state index contributed by atoms with van der Waals surface area (Å²) >= 11 is 0. The molecule has 0 aromatic heterocycles. The molecule has 45 heavy (non-hydrogen) atoms. The minimum absolute atomic E-state index is 0.197. The number of hydrogen-bond acceptors (Lipinski definition) is 1. The summed E-state index contributed by atoms with van der Waals surface area (Å²) in [5.41, 5.74) is 11.8. The van der Waals surface area contributed by atoms with Crippen molar-refractivity contribution >= 4 is 10.8 Å². The summed E-state index contributed by atoms with van der Waals surface area (Å²) in [6.07, 6.45) is 0. The van der Waals surface area contributed by atoms with Crippen LogP contribution in [-0.4, -0.2) is 0 Å². The van der Waals surface area contributed by atoms with Crippen LogP contribution in [-0.2, 0) is 10.8 Å². The molecule has 0 bridgehead atoms. The number of hydrogen-bond donors (Lipinski definition) is 0. The van der Waals surface area contributed by atoms with Gasteiger partial charge in [-0.3, -0.25) is 0 Å². The molecule has 1 heteroatoms. The molecule has 0 amide bonds. The first-order chi connectivity index (χ1) is 22.1. The van der Waals surface area contributed by atoms with E-state index in [1.54, 1.807) is 0 Å². The summed E-state index contributed by atoms with van der Waals surface area (Å²) in [5, 5.41) is 2.55. The van der Waals surface area contributed by atoms with Gasteiger partial charge in [0.2, 0.25) is 0 Å². The van der Waals surface area contributed by atoms with Crippen LogP contribution in [0, 0.1) is 0 Å². The van der Waals surface area contributed by atoms with E-state index in [2.05, 4.69) is 172 Å². The molecule has 1 atom stereocenters. The predicted octanol–water partition coefficient (Wildman–Crippen LogP) is 11.3. The van der Waals surface area contributed by atoms with Crippen molar-refractivity contribution in [2.24, 2.45) is 0 Å². The minimum atomic E-state index is -0.529. The van der Waals surface area contributed by atoms with Crippen molar-refractivity contribution < 1.29 is 4.74 Å². The number of ether oxygens (including phenoxy) is 1. The Bertz CT molecular complexity index is 2280. The van der Waals surface area contributed by atoms with Crippen LogP contribution >= 0.6 is 0 Å². The number of para-hydroxylation sites is 2. The van der Waals surface area contributed by atoms with Gasteiger partial charge in [0, 0.05) is 22.1 Å². The zero-order valence-electron chi connectivity index (χ0n) is 25.4. The Hall–Kier alpha value is -5.40. The molecule has 0 saturated carbocycles. The van der Waals surface area contributed by atoms with Gasteiger partial charge < -0.3 is 4.74 Å². The molecule has 1 aliphatic heterocycles. The zero-order chi connectivity index (χ0) is 30.2. The maximum Gasteiger partial charge on any atom is 0.139 e. The smallest absolute Gasteiger partial charge is 0.139 e. The van der Waals surface area contributed by atoms with E-state index >= 15 is 0 Å². The quantitative estimate of drug-likeness (QED) is 0.203. The first kappa shape index (κ1) is 26.0. The largest absolute Gasteiger partial charge is 0.456 e. The Morgan fingerprint density at radius 2 is 1.02 bits per heavy atom. The van der Waals surface area contributed by atoms with Gasteiger partial charge in [-0.15, -0.1) is 0 Å². The highest BCUT2D eigenvalue weighted by Crippen LogP contribution is 2.60. The third-order valence-corrected chi connectivity index (χ3v) is 10.2. The van der Waals surface area contributed by atoms with E-state index in [1.807, 2.05) is 0 Å². The van der Waals surface area contributed by atoms with Gasteiger partial charge >= 0.3 is 0 Å². The van der Waals surface area contributed by atoms with Crippen molar-refractivity contribution in [3.63, 3.8) is 0 Å². The minimum Gasteiger partial charge on any atom is -0.456 e. The second kappa shape index (κ2) is 9.55. The Labute approximate surface area is 264 Å². The van der Waals surface area contributed by atoms with Gasteiger partial charge in [-0.1, -0.05) is 166 Å². The SMILES string of the molecule is CC1(C)c2ccccc2Oc2c(-c3ccccc3C3(c4ccccc4)c4ccccc4-c4c3ccc3ccccc43)cccc21. The molecule has 2 aliphatic rings. The molecule has 1 heterocycles. The molecule has 214 valence electrons. The van der Waals surface area contributed by atoms with Crippen molar-refractivity contribution in [1.29, 1.82) is 0 Å². The topological polar surface area (TPSA) is 9.23 Å². The monoisotopic (exact) mass is 576 g/mol. The Morgan fingerprint density at radius 3 is 1.84 bits per heavy atom. The molecular formula is C44H32O. The van der Waals surface area contributed by atoms with Gasteiger partial charge in [-0.2, -0.15) is 0 Å². The third-order valence-electron chi connectivity index (χ3n) is 10.2. The normalized spacial score (nSPS) is 17.1. The first-order valence-electron chi connectivity index (χ1n) is 15.8. The second-order valence-corrected chi connectivity index (χ2v) is 12.8. The van der Waals surface area contributed by atoms with Crippen LogP contribution in [0.5, 0.6) is 11.5 Å². The van der Waals surface area contributed by atoms with Gasteiger partial charge in [-0.25, -0.2) is 0 Å². The van der Waals surface area contributed by atoms with Crippen LogP contribution < -0.4 is 4.74 Å². The molecule has 1 nitrogen and oxygen atoms in total. The third kappa shape index (κ3) is 3.50. The fourth-order valence-corrected chi connectivity index (χ4v) is 8.22. The fraction of sp³-hybridized carbons (Fsp3) is 0.0909. The van der Waals surface area contributed by atoms with E-state index in [9.17, 15) is 0 Å². The summed E-state index contributed by atoms with van der Waals surface area (Å²) < 4.78 is 6.85. The van der Waals surface area contributed by atoms with Crippen LogP contribution in [0.3, 0.4) is 0 Å². The maximum absolute atomic E-state index is 6.85. The van der Waals surface area contributed by atoms with Crippen molar-refractivity contribution in [2.45, 2.75) is 24.7 Å². The van der Waals surface area contributed by atoms with E-state index in [-0.39, 0.29) is 5.41 Å². The van der Waals surface area contributed by atoms with E-state index in [1.165, 1.54) is 60.8 Å². The lowest BCUT2D eigenvalue weighted by atomic mass is 9.65. The van der Waals surface area contributed by atoms with Crippen LogP contribution in [0.2, 0.25) is 0 Å². The van der Waals surface area contributed by atoms with Gasteiger partial charge in [-0.05, 0) is 55.8 Å². The standard InChI is InChI=1S/C44H32O/c1-43(2)37-24-12-13-26-40(37)45-42-33(21-14-25-39(42)43)32-19-8-10-22-35(32)44(30-16-4-3-5-17-30)36-23-11-9-20-34(36)41-31-18-7-6-15-29(31)27-28-38(41)44/h3-28H,1-2H3. The lowest BCUT2D eigenvalue weighted by Gasteiger charge is -2.38. The maximum atomic E-state index is 6.85. The molecule has 1 aliphatic carbocycles. The average molecular weight is 577 g/mol. The van der Waals surface area contributed by atoms with Crippen LogP contribution in [0.25, 0.3) is 33.0 Å². The van der Waals surface area contributed by atoms with Crippen LogP contribution in [0.1, 0.15) is 47.2 Å². The number of rotatable bonds is 3. The fourth-order valence-electron chi connectivity index (χ4n) is 8.22. The first-order valence-corrected chi connectivity index (χ1v) is 15.8. The summed E-state index contributed by atoms with van der Waals surface area (Å²) in [4.78, 5) is 0. The molecule has 0 radical (unpaired) electrons. The molecular weight excluding hydrogens is 544 g/mol. The highest BCUT2D eigenvalue weighted by atomic mass is 16.5. The summed E-state index contributed by atoms with van der Waals surface area (Å²) in [7, 11) is 0. The Balaban J connectivity index is 1.40. The predicted molar refractivity (Wildman–Crippen MR) is 185 cm³/mol. The lowest BCUT2D eigenvalue weighted by Crippen LogP contribution is -2.29.